The number of amides is 1. The molecule has 1 atom stereocenters. The summed E-state index contributed by atoms with van der Waals surface area (Å²) in [6.45, 7) is 0.488. The molecule has 1 saturated heterocycles. The molecule has 14 heavy (non-hydrogen) atoms. The highest BCUT2D eigenvalue weighted by Gasteiger charge is 2.37. The Balaban J connectivity index is 1.95. The Morgan fingerprint density at radius 2 is 2.14 bits per heavy atom. The average Bonchev–Trinajstić information content (AvgIpc) is 2.82. The predicted octanol–water partition coefficient (Wildman–Crippen LogP) is 0.832. The van der Waals surface area contributed by atoms with Gasteiger partial charge in [-0.15, -0.1) is 0 Å². The van der Waals surface area contributed by atoms with E-state index < -0.39 is 0 Å². The minimum atomic E-state index is 0.280. The topological polar surface area (TPSA) is 46.3 Å². The van der Waals surface area contributed by atoms with Gasteiger partial charge in [0.1, 0.15) is 0 Å². The van der Waals surface area contributed by atoms with Gasteiger partial charge in [-0.25, -0.2) is 0 Å². The molecule has 1 aliphatic carbocycles. The summed E-state index contributed by atoms with van der Waals surface area (Å²) in [5, 5.41) is 0. The van der Waals surface area contributed by atoms with E-state index >= 15 is 0 Å². The lowest BCUT2D eigenvalue weighted by Crippen LogP contribution is -2.42. The van der Waals surface area contributed by atoms with Crippen LogP contribution >= 0.6 is 11.8 Å². The Morgan fingerprint density at radius 1 is 1.36 bits per heavy atom. The van der Waals surface area contributed by atoms with Gasteiger partial charge in [-0.2, -0.15) is 11.8 Å². The SMILES string of the molecule is NCCC(=O)N(C1CC1)C1CCSC1. The van der Waals surface area contributed by atoms with E-state index in [0.29, 0.717) is 25.0 Å². The summed E-state index contributed by atoms with van der Waals surface area (Å²) >= 11 is 1.97. The van der Waals surface area contributed by atoms with Crippen LogP contribution in [-0.2, 0) is 4.79 Å². The number of carbonyl (C=O) groups excluding carboxylic acids is 1. The van der Waals surface area contributed by atoms with Crippen molar-refractivity contribution in [3.63, 3.8) is 0 Å². The van der Waals surface area contributed by atoms with Gasteiger partial charge >= 0.3 is 0 Å². The Morgan fingerprint density at radius 3 is 2.64 bits per heavy atom. The van der Waals surface area contributed by atoms with Crippen LogP contribution in [0.25, 0.3) is 0 Å². The second kappa shape index (κ2) is 4.53. The van der Waals surface area contributed by atoms with E-state index in [1.165, 1.54) is 25.0 Å². The maximum absolute atomic E-state index is 11.8. The van der Waals surface area contributed by atoms with E-state index in [4.69, 9.17) is 5.73 Å². The zero-order valence-electron chi connectivity index (χ0n) is 8.45. The highest BCUT2D eigenvalue weighted by atomic mass is 32.2. The van der Waals surface area contributed by atoms with Crippen molar-refractivity contribution >= 4 is 17.7 Å². The summed E-state index contributed by atoms with van der Waals surface area (Å²) in [4.78, 5) is 14.0. The van der Waals surface area contributed by atoms with Crippen molar-refractivity contribution in [2.45, 2.75) is 37.8 Å². The number of thioether (sulfide) groups is 1. The third-order valence-electron chi connectivity index (χ3n) is 2.89. The van der Waals surface area contributed by atoms with Gasteiger partial charge in [-0.05, 0) is 25.0 Å². The van der Waals surface area contributed by atoms with Crippen LogP contribution in [0.4, 0.5) is 0 Å². The first kappa shape index (κ1) is 10.3. The summed E-state index contributed by atoms with van der Waals surface area (Å²) in [6, 6.07) is 1.06. The van der Waals surface area contributed by atoms with Crippen molar-refractivity contribution in [1.82, 2.24) is 4.90 Å². The van der Waals surface area contributed by atoms with Gasteiger partial charge in [0.25, 0.3) is 0 Å². The highest BCUT2D eigenvalue weighted by molar-refractivity contribution is 7.99. The van der Waals surface area contributed by atoms with Crippen molar-refractivity contribution in [3.05, 3.63) is 0 Å². The molecule has 0 spiro atoms. The molecule has 0 bridgehead atoms. The van der Waals surface area contributed by atoms with Crippen LogP contribution in [0.5, 0.6) is 0 Å². The average molecular weight is 214 g/mol. The van der Waals surface area contributed by atoms with Crippen LogP contribution in [0.15, 0.2) is 0 Å². The molecule has 0 aromatic carbocycles. The number of nitrogens with two attached hydrogens (primary N) is 1. The largest absolute Gasteiger partial charge is 0.336 e. The van der Waals surface area contributed by atoms with E-state index in [0.717, 1.165) is 5.75 Å². The van der Waals surface area contributed by atoms with E-state index in [1.807, 2.05) is 11.8 Å². The molecule has 1 unspecified atom stereocenters. The summed E-state index contributed by atoms with van der Waals surface area (Å²) in [5.74, 6) is 2.62. The van der Waals surface area contributed by atoms with E-state index in [1.54, 1.807) is 0 Å². The normalized spacial score (nSPS) is 26.5. The van der Waals surface area contributed by atoms with Crippen molar-refractivity contribution < 1.29 is 4.79 Å². The molecular weight excluding hydrogens is 196 g/mol. The van der Waals surface area contributed by atoms with Gasteiger partial charge in [0.15, 0.2) is 0 Å². The smallest absolute Gasteiger partial charge is 0.224 e. The molecule has 4 heteroatoms. The van der Waals surface area contributed by atoms with Crippen LogP contribution in [0.3, 0.4) is 0 Å². The van der Waals surface area contributed by atoms with Crippen molar-refractivity contribution in [3.8, 4) is 0 Å². The molecule has 3 nitrogen and oxygen atoms in total. The molecule has 2 aliphatic rings. The van der Waals surface area contributed by atoms with Gasteiger partial charge in [0.05, 0.1) is 0 Å². The van der Waals surface area contributed by atoms with Crippen LogP contribution in [0.1, 0.15) is 25.7 Å². The van der Waals surface area contributed by atoms with E-state index in [9.17, 15) is 4.79 Å². The van der Waals surface area contributed by atoms with Crippen LogP contribution in [0, 0.1) is 0 Å². The Kier molecular flexibility index (Phi) is 3.34. The lowest BCUT2D eigenvalue weighted by molar-refractivity contribution is -0.133. The molecular formula is C10H18N2OS. The first-order chi connectivity index (χ1) is 6.83. The van der Waals surface area contributed by atoms with Gasteiger partial charge in [0, 0.05) is 30.8 Å². The first-order valence-electron chi connectivity index (χ1n) is 5.42. The number of carbonyl (C=O) groups is 1. The molecule has 1 amide bonds. The minimum absolute atomic E-state index is 0.280. The Hall–Kier alpha value is -0.220. The highest BCUT2D eigenvalue weighted by Crippen LogP contribution is 2.33. The predicted molar refractivity (Wildman–Crippen MR) is 59.3 cm³/mol. The zero-order valence-corrected chi connectivity index (χ0v) is 9.26. The Labute approximate surface area is 89.4 Å². The fourth-order valence-electron chi connectivity index (χ4n) is 2.05. The summed E-state index contributed by atoms with van der Waals surface area (Å²) in [5.41, 5.74) is 5.43. The number of hydrogen-bond acceptors (Lipinski definition) is 3. The molecule has 0 aromatic heterocycles. The van der Waals surface area contributed by atoms with Gasteiger partial charge in [-0.1, -0.05) is 0 Å². The zero-order chi connectivity index (χ0) is 9.97. The van der Waals surface area contributed by atoms with Crippen molar-refractivity contribution in [1.29, 1.82) is 0 Å². The first-order valence-corrected chi connectivity index (χ1v) is 6.57. The summed E-state index contributed by atoms with van der Waals surface area (Å²) in [7, 11) is 0. The molecule has 2 fully saturated rings. The fourth-order valence-corrected chi connectivity index (χ4v) is 3.26. The minimum Gasteiger partial charge on any atom is -0.336 e. The van der Waals surface area contributed by atoms with Crippen LogP contribution in [-0.4, -0.2) is 40.9 Å². The molecule has 2 rings (SSSR count). The third kappa shape index (κ3) is 2.23. The number of hydrogen-bond donors (Lipinski definition) is 1. The van der Waals surface area contributed by atoms with Gasteiger partial charge in [0.2, 0.25) is 5.91 Å². The maximum Gasteiger partial charge on any atom is 0.224 e. The summed E-state index contributed by atoms with van der Waals surface area (Å²) < 4.78 is 0. The van der Waals surface area contributed by atoms with E-state index in [-0.39, 0.29) is 5.91 Å². The van der Waals surface area contributed by atoms with Crippen LogP contribution in [0.2, 0.25) is 0 Å². The fraction of sp³-hybridized carbons (Fsp3) is 0.900. The standard InChI is InChI=1S/C10H18N2OS/c11-5-3-10(13)12(8-1-2-8)9-4-6-14-7-9/h8-9H,1-7,11H2. The number of nitrogens with zero attached hydrogens (tertiary/aromatic N) is 1. The van der Waals surface area contributed by atoms with Crippen LogP contribution < -0.4 is 5.73 Å². The molecule has 2 N–H and O–H groups in total. The molecule has 1 heterocycles. The summed E-state index contributed by atoms with van der Waals surface area (Å²) in [6.07, 6.45) is 4.12. The Bertz CT molecular complexity index is 212. The third-order valence-corrected chi connectivity index (χ3v) is 4.03. The van der Waals surface area contributed by atoms with Gasteiger partial charge < -0.3 is 10.6 Å². The molecule has 1 saturated carbocycles. The second-order valence-corrected chi connectivity index (χ2v) is 5.24. The lowest BCUT2D eigenvalue weighted by Gasteiger charge is -2.28. The van der Waals surface area contributed by atoms with Crippen molar-refractivity contribution in [2.75, 3.05) is 18.1 Å². The molecule has 0 aromatic rings. The monoisotopic (exact) mass is 214 g/mol. The van der Waals surface area contributed by atoms with Gasteiger partial charge in [-0.3, -0.25) is 4.79 Å². The quantitative estimate of drug-likeness (QED) is 0.754. The molecule has 0 radical (unpaired) electrons. The number of rotatable bonds is 4. The lowest BCUT2D eigenvalue weighted by atomic mass is 10.2. The molecule has 1 aliphatic heterocycles. The maximum atomic E-state index is 11.8. The van der Waals surface area contributed by atoms with Crippen molar-refractivity contribution in [2.24, 2.45) is 5.73 Å². The second-order valence-electron chi connectivity index (χ2n) is 4.09. The van der Waals surface area contributed by atoms with E-state index in [2.05, 4.69) is 4.90 Å². The molecule has 80 valence electrons.